The van der Waals surface area contributed by atoms with Gasteiger partial charge in [0.15, 0.2) is 0 Å². The fourth-order valence-electron chi connectivity index (χ4n) is 1.78. The van der Waals surface area contributed by atoms with E-state index in [0.29, 0.717) is 13.2 Å². The number of nitrogens with one attached hydrogen (secondary N) is 1. The molecule has 1 aromatic carbocycles. The molecule has 0 saturated carbocycles. The van der Waals surface area contributed by atoms with Crippen molar-refractivity contribution in [1.29, 1.82) is 0 Å². The van der Waals surface area contributed by atoms with Gasteiger partial charge < -0.3 is 20.7 Å². The number of rotatable bonds is 7. The lowest BCUT2D eigenvalue weighted by Crippen LogP contribution is -2.48. The Hall–Kier alpha value is -1.59. The molecule has 5 nitrogen and oxygen atoms in total. The average molecular weight is 307 g/mol. The van der Waals surface area contributed by atoms with Crippen molar-refractivity contribution in [3.63, 3.8) is 0 Å². The van der Waals surface area contributed by atoms with E-state index < -0.39 is 6.04 Å². The molecule has 22 heavy (non-hydrogen) atoms. The van der Waals surface area contributed by atoms with Gasteiger partial charge in [0, 0.05) is 13.1 Å². The van der Waals surface area contributed by atoms with Gasteiger partial charge in [0.05, 0.1) is 6.04 Å². The van der Waals surface area contributed by atoms with Crippen molar-refractivity contribution >= 4 is 5.91 Å². The Morgan fingerprint density at radius 1 is 1.36 bits per heavy atom. The van der Waals surface area contributed by atoms with Crippen molar-refractivity contribution in [3.8, 4) is 5.75 Å². The van der Waals surface area contributed by atoms with E-state index in [1.807, 2.05) is 59.1 Å². The summed E-state index contributed by atoms with van der Waals surface area (Å²) in [6, 6.07) is 7.23. The number of nitrogens with zero attached hydrogens (tertiary/aromatic N) is 1. The second-order valence-electron chi connectivity index (χ2n) is 6.86. The van der Waals surface area contributed by atoms with Crippen molar-refractivity contribution in [3.05, 3.63) is 29.8 Å². The van der Waals surface area contributed by atoms with Crippen LogP contribution in [0.4, 0.5) is 0 Å². The van der Waals surface area contributed by atoms with E-state index in [0.717, 1.165) is 17.9 Å². The number of hydrogen-bond donors (Lipinski definition) is 2. The second kappa shape index (κ2) is 8.15. The highest BCUT2D eigenvalue weighted by molar-refractivity contribution is 5.82. The number of nitrogens with two attached hydrogens (primary N) is 1. The fourth-order valence-corrected chi connectivity index (χ4v) is 1.78. The first kappa shape index (κ1) is 18.5. The molecule has 0 spiro atoms. The zero-order valence-corrected chi connectivity index (χ0v) is 14.3. The van der Waals surface area contributed by atoms with Crippen molar-refractivity contribution in [2.75, 3.05) is 27.2 Å². The summed E-state index contributed by atoms with van der Waals surface area (Å²) in [6.07, 6.45) is 0. The molecule has 1 rings (SSSR count). The molecular weight excluding hydrogens is 278 g/mol. The molecule has 0 bridgehead atoms. The maximum Gasteiger partial charge on any atom is 0.237 e. The number of amides is 1. The van der Waals surface area contributed by atoms with Crippen LogP contribution in [0.2, 0.25) is 0 Å². The Labute approximate surface area is 133 Å². The number of benzene rings is 1. The Balaban J connectivity index is 2.51. The summed E-state index contributed by atoms with van der Waals surface area (Å²) in [5.41, 5.74) is 6.69. The van der Waals surface area contributed by atoms with Gasteiger partial charge in [-0.1, -0.05) is 32.9 Å². The number of hydrogen-bond acceptors (Lipinski definition) is 4. The molecule has 0 unspecified atom stereocenters. The summed E-state index contributed by atoms with van der Waals surface area (Å²) in [4.78, 5) is 14.1. The highest BCUT2D eigenvalue weighted by atomic mass is 16.5. The van der Waals surface area contributed by atoms with Crippen LogP contribution in [0.3, 0.4) is 0 Å². The van der Waals surface area contributed by atoms with Gasteiger partial charge in [0.1, 0.15) is 12.4 Å². The molecule has 0 aliphatic carbocycles. The summed E-state index contributed by atoms with van der Waals surface area (Å²) in [7, 11) is 4.02. The lowest BCUT2D eigenvalue weighted by molar-refractivity contribution is -0.124. The topological polar surface area (TPSA) is 67.6 Å². The van der Waals surface area contributed by atoms with Gasteiger partial charge in [0.2, 0.25) is 5.91 Å². The van der Waals surface area contributed by atoms with Crippen LogP contribution in [0.1, 0.15) is 26.3 Å². The summed E-state index contributed by atoms with van der Waals surface area (Å²) in [5.74, 6) is 0.681. The quantitative estimate of drug-likeness (QED) is 0.803. The fraction of sp³-hybridized carbons (Fsp3) is 0.588. The maximum atomic E-state index is 12.0. The first-order chi connectivity index (χ1) is 10.2. The monoisotopic (exact) mass is 307 g/mol. The zero-order chi connectivity index (χ0) is 16.8. The molecule has 1 amide bonds. The third-order valence-electron chi connectivity index (χ3n) is 3.39. The predicted octanol–water partition coefficient (Wildman–Crippen LogP) is 1.62. The molecule has 0 radical (unpaired) electrons. The maximum absolute atomic E-state index is 12.0. The molecule has 124 valence electrons. The highest BCUT2D eigenvalue weighted by Gasteiger charge is 2.27. The number of ether oxygens (including phenoxy) is 1. The van der Waals surface area contributed by atoms with Gasteiger partial charge in [-0.25, -0.2) is 0 Å². The molecule has 1 atom stereocenters. The van der Waals surface area contributed by atoms with Crippen LogP contribution in [0, 0.1) is 5.41 Å². The minimum absolute atomic E-state index is 0.133. The minimum Gasteiger partial charge on any atom is -0.492 e. The first-order valence-corrected chi connectivity index (χ1v) is 7.60. The highest BCUT2D eigenvalue weighted by Crippen LogP contribution is 2.18. The van der Waals surface area contributed by atoms with Gasteiger partial charge in [-0.3, -0.25) is 4.79 Å². The lowest BCUT2D eigenvalue weighted by atomic mass is 9.87. The molecule has 1 aromatic rings. The first-order valence-electron chi connectivity index (χ1n) is 7.60. The summed E-state index contributed by atoms with van der Waals surface area (Å²) in [6.45, 7) is 7.82. The molecule has 0 aromatic heterocycles. The summed E-state index contributed by atoms with van der Waals surface area (Å²) >= 11 is 0. The van der Waals surface area contributed by atoms with Gasteiger partial charge in [-0.05, 0) is 37.2 Å². The van der Waals surface area contributed by atoms with Gasteiger partial charge >= 0.3 is 0 Å². The van der Waals surface area contributed by atoms with E-state index in [2.05, 4.69) is 10.2 Å². The largest absolute Gasteiger partial charge is 0.492 e. The van der Waals surface area contributed by atoms with Crippen LogP contribution in [0.5, 0.6) is 5.75 Å². The van der Waals surface area contributed by atoms with Crippen LogP contribution in [0.15, 0.2) is 24.3 Å². The summed E-state index contributed by atoms with van der Waals surface area (Å²) < 4.78 is 5.69. The number of carbonyl (C=O) groups excluding carboxylic acids is 1. The Kier molecular flexibility index (Phi) is 6.84. The van der Waals surface area contributed by atoms with Crippen molar-refractivity contribution in [1.82, 2.24) is 10.2 Å². The van der Waals surface area contributed by atoms with E-state index in [1.54, 1.807) is 0 Å². The Morgan fingerprint density at radius 3 is 2.64 bits per heavy atom. The lowest BCUT2D eigenvalue weighted by Gasteiger charge is -2.25. The standard InChI is InChI=1S/C17H29N3O2/c1-17(2,3)15(18)16(21)19-12-13-7-6-8-14(11-13)22-10-9-20(4)5/h6-8,11,15H,9-10,12,18H2,1-5H3,(H,19,21)/t15-/m1/s1. The SMILES string of the molecule is CN(C)CCOc1cccc(CNC(=O)[C@@H](N)C(C)(C)C)c1. The smallest absolute Gasteiger partial charge is 0.237 e. The number of carbonyl (C=O) groups is 1. The third-order valence-corrected chi connectivity index (χ3v) is 3.39. The molecule has 5 heteroatoms. The van der Waals surface area contributed by atoms with E-state index in [4.69, 9.17) is 10.5 Å². The molecule has 0 heterocycles. The van der Waals surface area contributed by atoms with Crippen molar-refractivity contribution < 1.29 is 9.53 Å². The molecule has 3 N–H and O–H groups in total. The van der Waals surface area contributed by atoms with Crippen molar-refractivity contribution in [2.24, 2.45) is 11.1 Å². The Bertz CT molecular complexity index is 481. The number of likely N-dealkylation sites (N-methyl/N-ethyl adjacent to an activating group) is 1. The molecular formula is C17H29N3O2. The van der Waals surface area contributed by atoms with Crippen LogP contribution in [-0.2, 0) is 11.3 Å². The summed E-state index contributed by atoms with van der Waals surface area (Å²) in [5, 5.41) is 2.88. The van der Waals surface area contributed by atoms with Gasteiger partial charge in [-0.2, -0.15) is 0 Å². The van der Waals surface area contributed by atoms with Crippen molar-refractivity contribution in [2.45, 2.75) is 33.4 Å². The molecule has 0 fully saturated rings. The minimum atomic E-state index is -0.521. The normalized spacial score (nSPS) is 13.0. The van der Waals surface area contributed by atoms with Crippen LogP contribution in [-0.4, -0.2) is 44.1 Å². The van der Waals surface area contributed by atoms with E-state index in [-0.39, 0.29) is 11.3 Å². The predicted molar refractivity (Wildman–Crippen MR) is 89.8 cm³/mol. The van der Waals surface area contributed by atoms with Crippen LogP contribution >= 0.6 is 0 Å². The average Bonchev–Trinajstić information content (AvgIpc) is 2.43. The van der Waals surface area contributed by atoms with Crippen LogP contribution < -0.4 is 15.8 Å². The zero-order valence-electron chi connectivity index (χ0n) is 14.3. The molecule has 0 saturated heterocycles. The molecule has 0 aliphatic rings. The second-order valence-corrected chi connectivity index (χ2v) is 6.86. The van der Waals surface area contributed by atoms with E-state index in [1.165, 1.54) is 0 Å². The Morgan fingerprint density at radius 2 is 2.05 bits per heavy atom. The van der Waals surface area contributed by atoms with E-state index >= 15 is 0 Å². The van der Waals surface area contributed by atoms with Gasteiger partial charge in [-0.15, -0.1) is 0 Å². The van der Waals surface area contributed by atoms with E-state index in [9.17, 15) is 4.79 Å². The third kappa shape index (κ3) is 6.45. The molecule has 0 aliphatic heterocycles. The van der Waals surface area contributed by atoms with Gasteiger partial charge in [0.25, 0.3) is 0 Å². The van der Waals surface area contributed by atoms with Crippen LogP contribution in [0.25, 0.3) is 0 Å².